The van der Waals surface area contributed by atoms with E-state index in [9.17, 15) is 5.11 Å². The molecular weight excluding hydrogens is 266 g/mol. The maximum Gasteiger partial charge on any atom is 0.120 e. The monoisotopic (exact) mass is 287 g/mol. The molecule has 0 fully saturated rings. The van der Waals surface area contributed by atoms with Crippen LogP contribution in [0.5, 0.6) is 11.5 Å². The fourth-order valence-electron chi connectivity index (χ4n) is 2.10. The van der Waals surface area contributed by atoms with E-state index < -0.39 is 0 Å². The third-order valence-electron chi connectivity index (χ3n) is 3.40. The normalized spacial score (nSPS) is 10.6. The van der Waals surface area contributed by atoms with Crippen molar-refractivity contribution in [2.45, 2.75) is 19.6 Å². The molecule has 0 aromatic heterocycles. The van der Waals surface area contributed by atoms with E-state index in [-0.39, 0.29) is 12.4 Å². The third kappa shape index (κ3) is 4.48. The Morgan fingerprint density at radius 2 is 1.76 bits per heavy atom. The van der Waals surface area contributed by atoms with Gasteiger partial charge in [-0.15, -0.1) is 0 Å². The zero-order valence-electron chi connectivity index (χ0n) is 12.2. The Morgan fingerprint density at radius 1 is 1.05 bits per heavy atom. The fourth-order valence-corrected chi connectivity index (χ4v) is 2.10. The van der Waals surface area contributed by atoms with Gasteiger partial charge in [-0.2, -0.15) is 0 Å². The van der Waals surface area contributed by atoms with Crippen molar-refractivity contribution in [2.75, 3.05) is 13.7 Å². The molecule has 0 radical (unpaired) electrons. The highest BCUT2D eigenvalue weighted by Crippen LogP contribution is 2.22. The zero-order chi connectivity index (χ0) is 15.1. The predicted octanol–water partition coefficient (Wildman–Crippen LogP) is 2.23. The van der Waals surface area contributed by atoms with Gasteiger partial charge in [0.05, 0.1) is 13.7 Å². The number of aliphatic hydroxyl groups is 1. The maximum atomic E-state index is 9.79. The molecular formula is C17H21NO3. The molecule has 21 heavy (non-hydrogen) atoms. The number of hydrogen-bond donors (Lipinski definition) is 3. The van der Waals surface area contributed by atoms with Crippen LogP contribution in [0.2, 0.25) is 0 Å². The number of aromatic hydroxyl groups is 1. The molecule has 4 heteroatoms. The van der Waals surface area contributed by atoms with Crippen molar-refractivity contribution in [3.05, 3.63) is 59.2 Å². The summed E-state index contributed by atoms with van der Waals surface area (Å²) in [7, 11) is 1.61. The molecule has 0 bridgehead atoms. The Balaban J connectivity index is 1.81. The number of benzene rings is 2. The Labute approximate surface area is 125 Å². The lowest BCUT2D eigenvalue weighted by molar-refractivity contribution is 0.282. The topological polar surface area (TPSA) is 61.7 Å². The molecule has 0 aliphatic heterocycles. The van der Waals surface area contributed by atoms with E-state index in [0.29, 0.717) is 6.54 Å². The van der Waals surface area contributed by atoms with Crippen LogP contribution in [0.1, 0.15) is 16.7 Å². The molecule has 3 N–H and O–H groups in total. The van der Waals surface area contributed by atoms with E-state index in [1.807, 2.05) is 30.3 Å². The highest BCUT2D eigenvalue weighted by Gasteiger charge is 2.03. The summed E-state index contributed by atoms with van der Waals surface area (Å²) in [5.74, 6) is 1.01. The van der Waals surface area contributed by atoms with Gasteiger partial charge in [-0.3, -0.25) is 0 Å². The Morgan fingerprint density at radius 3 is 2.43 bits per heavy atom. The predicted molar refractivity (Wildman–Crippen MR) is 82.4 cm³/mol. The Hall–Kier alpha value is -2.04. The first-order chi connectivity index (χ1) is 10.2. The summed E-state index contributed by atoms with van der Waals surface area (Å²) in [4.78, 5) is 0. The summed E-state index contributed by atoms with van der Waals surface area (Å²) in [6.07, 6.45) is 0.899. The molecule has 2 rings (SSSR count). The molecule has 112 valence electrons. The van der Waals surface area contributed by atoms with Crippen LogP contribution in [-0.2, 0) is 19.6 Å². The summed E-state index contributed by atoms with van der Waals surface area (Å²) >= 11 is 0. The number of aliphatic hydroxyl groups excluding tert-OH is 1. The average Bonchev–Trinajstić information content (AvgIpc) is 2.53. The number of ether oxygens (including phenoxy) is 1. The van der Waals surface area contributed by atoms with Gasteiger partial charge < -0.3 is 20.3 Å². The summed E-state index contributed by atoms with van der Waals surface area (Å²) in [5, 5.41) is 22.1. The van der Waals surface area contributed by atoms with Gasteiger partial charge in [0.15, 0.2) is 0 Å². The minimum Gasteiger partial charge on any atom is -0.508 e. The van der Waals surface area contributed by atoms with Gasteiger partial charge in [0.1, 0.15) is 11.5 Å². The molecule has 0 heterocycles. The second-order valence-corrected chi connectivity index (χ2v) is 4.90. The molecule has 2 aromatic rings. The van der Waals surface area contributed by atoms with Gasteiger partial charge in [0.25, 0.3) is 0 Å². The number of hydrogen-bond acceptors (Lipinski definition) is 4. The zero-order valence-corrected chi connectivity index (χ0v) is 12.2. The lowest BCUT2D eigenvalue weighted by atomic mass is 10.1. The summed E-state index contributed by atoms with van der Waals surface area (Å²) in [6, 6.07) is 13.1. The average molecular weight is 287 g/mol. The Kier molecular flexibility index (Phi) is 5.60. The van der Waals surface area contributed by atoms with E-state index in [1.54, 1.807) is 19.2 Å². The first-order valence-corrected chi connectivity index (χ1v) is 6.98. The molecule has 4 nitrogen and oxygen atoms in total. The fraction of sp³-hybridized carbons (Fsp3) is 0.294. The van der Waals surface area contributed by atoms with Gasteiger partial charge in [-0.1, -0.05) is 24.3 Å². The van der Waals surface area contributed by atoms with E-state index in [0.717, 1.165) is 29.8 Å². The number of rotatable bonds is 7. The van der Waals surface area contributed by atoms with Crippen LogP contribution in [0.25, 0.3) is 0 Å². The molecule has 0 aliphatic carbocycles. The highest BCUT2D eigenvalue weighted by atomic mass is 16.5. The van der Waals surface area contributed by atoms with Crippen molar-refractivity contribution in [2.24, 2.45) is 0 Å². The standard InChI is InChI=1S/C17H21NO3/c1-21-16-6-7-17(20)15(10-16)11-18-9-8-13-2-4-14(12-19)5-3-13/h2-7,10,18-20H,8-9,11-12H2,1H3. The number of phenolic OH excluding ortho intramolecular Hbond substituents is 1. The van der Waals surface area contributed by atoms with Crippen molar-refractivity contribution in [1.82, 2.24) is 5.32 Å². The molecule has 0 amide bonds. The lowest BCUT2D eigenvalue weighted by Gasteiger charge is -2.09. The molecule has 0 unspecified atom stereocenters. The lowest BCUT2D eigenvalue weighted by Crippen LogP contribution is -2.16. The van der Waals surface area contributed by atoms with Crippen molar-refractivity contribution in [3.63, 3.8) is 0 Å². The number of methoxy groups -OCH3 is 1. The van der Waals surface area contributed by atoms with Gasteiger partial charge >= 0.3 is 0 Å². The van der Waals surface area contributed by atoms with Crippen molar-refractivity contribution >= 4 is 0 Å². The Bertz CT molecular complexity index is 567. The van der Waals surface area contributed by atoms with Crippen molar-refractivity contribution in [1.29, 1.82) is 0 Å². The largest absolute Gasteiger partial charge is 0.508 e. The minimum atomic E-state index is 0.0770. The third-order valence-corrected chi connectivity index (χ3v) is 3.40. The van der Waals surface area contributed by atoms with E-state index in [2.05, 4.69) is 5.32 Å². The van der Waals surface area contributed by atoms with Crippen LogP contribution >= 0.6 is 0 Å². The molecule has 0 aliphatic rings. The van der Waals surface area contributed by atoms with Crippen LogP contribution in [-0.4, -0.2) is 23.9 Å². The first-order valence-electron chi connectivity index (χ1n) is 6.98. The van der Waals surface area contributed by atoms with Crippen LogP contribution in [0.3, 0.4) is 0 Å². The van der Waals surface area contributed by atoms with Gasteiger partial charge in [0, 0.05) is 12.1 Å². The van der Waals surface area contributed by atoms with E-state index in [4.69, 9.17) is 9.84 Å². The maximum absolute atomic E-state index is 9.79. The van der Waals surface area contributed by atoms with Gasteiger partial charge in [-0.25, -0.2) is 0 Å². The summed E-state index contributed by atoms with van der Waals surface area (Å²) < 4.78 is 5.15. The van der Waals surface area contributed by atoms with Gasteiger partial charge in [-0.05, 0) is 42.3 Å². The van der Waals surface area contributed by atoms with Crippen LogP contribution in [0.15, 0.2) is 42.5 Å². The molecule has 0 atom stereocenters. The smallest absolute Gasteiger partial charge is 0.120 e. The minimum absolute atomic E-state index is 0.0770. The van der Waals surface area contributed by atoms with Crippen LogP contribution < -0.4 is 10.1 Å². The quantitative estimate of drug-likeness (QED) is 0.683. The van der Waals surface area contributed by atoms with E-state index in [1.165, 1.54) is 5.56 Å². The highest BCUT2D eigenvalue weighted by molar-refractivity contribution is 5.39. The van der Waals surface area contributed by atoms with Crippen molar-refractivity contribution in [3.8, 4) is 11.5 Å². The van der Waals surface area contributed by atoms with Crippen LogP contribution in [0.4, 0.5) is 0 Å². The van der Waals surface area contributed by atoms with Crippen LogP contribution in [0, 0.1) is 0 Å². The van der Waals surface area contributed by atoms with E-state index >= 15 is 0 Å². The number of phenols is 1. The van der Waals surface area contributed by atoms with Crippen molar-refractivity contribution < 1.29 is 14.9 Å². The SMILES string of the molecule is COc1ccc(O)c(CNCCc2ccc(CO)cc2)c1. The summed E-state index contributed by atoms with van der Waals surface area (Å²) in [5.41, 5.74) is 2.97. The molecule has 0 saturated heterocycles. The molecule has 0 spiro atoms. The molecule has 0 saturated carbocycles. The molecule has 2 aromatic carbocycles. The number of nitrogens with one attached hydrogen (secondary N) is 1. The van der Waals surface area contributed by atoms with Gasteiger partial charge in [0.2, 0.25) is 0 Å². The second kappa shape index (κ2) is 7.67. The second-order valence-electron chi connectivity index (χ2n) is 4.90. The summed E-state index contributed by atoms with van der Waals surface area (Å²) in [6.45, 7) is 1.49. The first kappa shape index (κ1) is 15.4.